The molecule has 0 radical (unpaired) electrons. The van der Waals surface area contributed by atoms with Gasteiger partial charge in [-0.2, -0.15) is 5.26 Å². The van der Waals surface area contributed by atoms with E-state index in [2.05, 4.69) is 16.4 Å². The summed E-state index contributed by atoms with van der Waals surface area (Å²) in [6, 6.07) is 7.04. The lowest BCUT2D eigenvalue weighted by Gasteiger charge is -2.33. The molecule has 0 spiro atoms. The number of hydroxylamine groups is 1. The number of allylic oxidation sites excluding steroid dienone is 1. The maximum absolute atomic E-state index is 12.6. The molecule has 0 fully saturated rings. The SMILES string of the molecule is CCOc1ncc(C)c2c1[C@@H](c1ccc(C#N)cc1OC)C(C(=O)N[O-])=C(C)N2. The normalized spacial score (nSPS) is 15.1. The van der Waals surface area contributed by atoms with Crippen LogP contribution in [0.1, 0.15) is 42.0 Å². The maximum Gasteiger partial charge on any atom is 0.239 e. The van der Waals surface area contributed by atoms with E-state index in [4.69, 9.17) is 9.47 Å². The third-order valence-electron chi connectivity index (χ3n) is 4.86. The molecule has 1 aromatic heterocycles. The number of carbonyl (C=O) groups excluding carboxylic acids is 1. The molecule has 1 amide bonds. The highest BCUT2D eigenvalue weighted by molar-refractivity contribution is 5.99. The number of hydrogen-bond acceptors (Lipinski definition) is 7. The Morgan fingerprint density at radius 3 is 2.79 bits per heavy atom. The van der Waals surface area contributed by atoms with Crippen LogP contribution in [0.15, 0.2) is 35.7 Å². The van der Waals surface area contributed by atoms with Crippen molar-refractivity contribution in [2.24, 2.45) is 0 Å². The summed E-state index contributed by atoms with van der Waals surface area (Å²) in [6.07, 6.45) is 1.69. The van der Waals surface area contributed by atoms with E-state index in [9.17, 15) is 15.3 Å². The summed E-state index contributed by atoms with van der Waals surface area (Å²) in [5.74, 6) is -0.645. The number of nitriles is 1. The van der Waals surface area contributed by atoms with Gasteiger partial charge in [-0.1, -0.05) is 6.07 Å². The number of methoxy groups -OCH3 is 1. The number of amides is 1. The largest absolute Gasteiger partial charge is 0.759 e. The van der Waals surface area contributed by atoms with Crippen LogP contribution in [0.3, 0.4) is 0 Å². The molecule has 0 saturated carbocycles. The van der Waals surface area contributed by atoms with E-state index in [-0.39, 0.29) is 5.57 Å². The van der Waals surface area contributed by atoms with Crippen molar-refractivity contribution in [3.8, 4) is 17.7 Å². The second kappa shape index (κ2) is 8.20. The molecule has 0 saturated heterocycles. The molecular formula is C21H21N4O4-. The highest BCUT2D eigenvalue weighted by atomic mass is 16.5. The van der Waals surface area contributed by atoms with E-state index in [1.54, 1.807) is 31.3 Å². The minimum atomic E-state index is -0.763. The first-order valence-corrected chi connectivity index (χ1v) is 9.07. The summed E-state index contributed by atoms with van der Waals surface area (Å²) >= 11 is 0. The van der Waals surface area contributed by atoms with Gasteiger partial charge in [-0.15, -0.1) is 0 Å². The monoisotopic (exact) mass is 393 g/mol. The second-order valence-electron chi connectivity index (χ2n) is 6.56. The summed E-state index contributed by atoms with van der Waals surface area (Å²) in [4.78, 5) is 17.0. The number of fused-ring (bicyclic) bond motifs is 1. The van der Waals surface area contributed by atoms with Crippen molar-refractivity contribution in [3.05, 3.63) is 63.1 Å². The van der Waals surface area contributed by atoms with Gasteiger partial charge in [0, 0.05) is 23.0 Å². The van der Waals surface area contributed by atoms with E-state index in [0.29, 0.717) is 40.6 Å². The lowest BCUT2D eigenvalue weighted by atomic mass is 9.79. The minimum Gasteiger partial charge on any atom is -0.759 e. The molecule has 2 N–H and O–H groups in total. The standard InChI is InChI=1S/C21H21N4O4/c1-5-29-21-18-17(14-7-6-13(9-22)8-15(14)28-4)16(20(26)25-27)12(3)24-19(18)11(2)10-23-21/h6-8,10,17H,5H2,1-4H3,(H2-,23,24,25,26,27)/q-1/t17-/m0/s1. The van der Waals surface area contributed by atoms with Gasteiger partial charge in [0.15, 0.2) is 0 Å². The number of ether oxygens (including phenoxy) is 2. The van der Waals surface area contributed by atoms with Crippen molar-refractivity contribution < 1.29 is 14.3 Å². The predicted molar refractivity (Wildman–Crippen MR) is 108 cm³/mol. The molecule has 2 aromatic rings. The van der Waals surface area contributed by atoms with Crippen LogP contribution in [-0.4, -0.2) is 24.6 Å². The van der Waals surface area contributed by atoms with Crippen LogP contribution < -0.4 is 20.3 Å². The second-order valence-corrected chi connectivity index (χ2v) is 6.56. The number of pyridine rings is 1. The van der Waals surface area contributed by atoms with Crippen LogP contribution in [-0.2, 0) is 4.79 Å². The van der Waals surface area contributed by atoms with Crippen molar-refractivity contribution in [3.63, 3.8) is 0 Å². The average molecular weight is 393 g/mol. The van der Waals surface area contributed by atoms with E-state index < -0.39 is 11.8 Å². The van der Waals surface area contributed by atoms with Crippen molar-refractivity contribution in [2.45, 2.75) is 26.7 Å². The summed E-state index contributed by atoms with van der Waals surface area (Å²) in [7, 11) is 1.49. The van der Waals surface area contributed by atoms with Gasteiger partial charge in [-0.25, -0.2) is 4.98 Å². The van der Waals surface area contributed by atoms with Crippen LogP contribution in [0.5, 0.6) is 11.6 Å². The third-order valence-corrected chi connectivity index (χ3v) is 4.86. The first kappa shape index (κ1) is 20.2. The Hall–Kier alpha value is -3.57. The fourth-order valence-electron chi connectivity index (χ4n) is 3.60. The van der Waals surface area contributed by atoms with Crippen molar-refractivity contribution >= 4 is 11.6 Å². The summed E-state index contributed by atoms with van der Waals surface area (Å²) in [5.41, 5.74) is 5.57. The topological polar surface area (TPSA) is 119 Å². The number of anilines is 1. The molecule has 1 aliphatic rings. The Morgan fingerprint density at radius 2 is 2.17 bits per heavy atom. The average Bonchev–Trinajstić information content (AvgIpc) is 2.74. The summed E-state index contributed by atoms with van der Waals surface area (Å²) in [5, 5.41) is 23.8. The van der Waals surface area contributed by atoms with Crippen molar-refractivity contribution in [2.75, 3.05) is 19.0 Å². The number of rotatable bonds is 5. The van der Waals surface area contributed by atoms with Gasteiger partial charge in [0.25, 0.3) is 0 Å². The number of aryl methyl sites for hydroxylation is 1. The maximum atomic E-state index is 12.6. The molecule has 1 aromatic carbocycles. The van der Waals surface area contributed by atoms with Crippen LogP contribution in [0.2, 0.25) is 0 Å². The number of aromatic nitrogens is 1. The molecule has 150 valence electrons. The number of nitrogens with zero attached hydrogens (tertiary/aromatic N) is 2. The molecule has 3 rings (SSSR count). The molecule has 1 atom stereocenters. The Morgan fingerprint density at radius 1 is 1.41 bits per heavy atom. The van der Waals surface area contributed by atoms with Gasteiger partial charge in [0.05, 0.1) is 42.5 Å². The Bertz CT molecular complexity index is 1040. The zero-order valence-electron chi connectivity index (χ0n) is 16.6. The molecule has 8 heteroatoms. The molecule has 29 heavy (non-hydrogen) atoms. The van der Waals surface area contributed by atoms with Gasteiger partial charge in [0.2, 0.25) is 11.8 Å². The van der Waals surface area contributed by atoms with Crippen LogP contribution in [0.25, 0.3) is 0 Å². The minimum absolute atomic E-state index is 0.240. The Kier molecular flexibility index (Phi) is 5.71. The number of carbonyl (C=O) groups is 1. The fourth-order valence-corrected chi connectivity index (χ4v) is 3.60. The molecule has 0 bridgehead atoms. The summed E-state index contributed by atoms with van der Waals surface area (Å²) in [6.45, 7) is 5.85. The highest BCUT2D eigenvalue weighted by Gasteiger charge is 2.37. The van der Waals surface area contributed by atoms with E-state index in [0.717, 1.165) is 11.3 Å². The molecule has 0 unspecified atom stereocenters. The third kappa shape index (κ3) is 3.48. The van der Waals surface area contributed by atoms with Gasteiger partial charge < -0.3 is 25.5 Å². The zero-order valence-corrected chi connectivity index (χ0v) is 16.6. The van der Waals surface area contributed by atoms with Crippen LogP contribution in [0, 0.1) is 23.5 Å². The van der Waals surface area contributed by atoms with Gasteiger partial charge in [-0.3, -0.25) is 4.79 Å². The smallest absolute Gasteiger partial charge is 0.239 e. The van der Waals surface area contributed by atoms with Gasteiger partial charge in [0.1, 0.15) is 5.75 Å². The first-order chi connectivity index (χ1) is 14.0. The summed E-state index contributed by atoms with van der Waals surface area (Å²) < 4.78 is 11.3. The predicted octanol–water partition coefficient (Wildman–Crippen LogP) is 3.11. The van der Waals surface area contributed by atoms with Crippen molar-refractivity contribution in [1.29, 1.82) is 5.26 Å². The lowest BCUT2D eigenvalue weighted by Crippen LogP contribution is -2.30. The van der Waals surface area contributed by atoms with Crippen LogP contribution >= 0.6 is 0 Å². The fraction of sp³-hybridized carbons (Fsp3) is 0.286. The van der Waals surface area contributed by atoms with Crippen LogP contribution in [0.4, 0.5) is 5.69 Å². The number of nitrogens with one attached hydrogen (secondary N) is 2. The van der Waals surface area contributed by atoms with E-state index in [1.165, 1.54) is 12.6 Å². The Labute approximate surface area is 168 Å². The molecule has 2 heterocycles. The Balaban J connectivity index is 2.37. The van der Waals surface area contributed by atoms with Crippen molar-refractivity contribution in [1.82, 2.24) is 10.5 Å². The highest BCUT2D eigenvalue weighted by Crippen LogP contribution is 2.48. The quantitative estimate of drug-likeness (QED) is 0.749. The molecule has 1 aliphatic heterocycles. The van der Waals surface area contributed by atoms with Gasteiger partial charge >= 0.3 is 0 Å². The number of hydrogen-bond donors (Lipinski definition) is 2. The van der Waals surface area contributed by atoms with E-state index in [1.807, 2.05) is 13.8 Å². The van der Waals surface area contributed by atoms with E-state index >= 15 is 0 Å². The number of benzene rings is 1. The molecule has 0 aliphatic carbocycles. The molecule has 8 nitrogen and oxygen atoms in total. The van der Waals surface area contributed by atoms with Gasteiger partial charge in [-0.05, 0) is 38.5 Å². The molecular weight excluding hydrogens is 372 g/mol. The first-order valence-electron chi connectivity index (χ1n) is 9.07. The zero-order chi connectivity index (χ0) is 21.1. The lowest BCUT2D eigenvalue weighted by molar-refractivity contribution is -0.116.